The van der Waals surface area contributed by atoms with Gasteiger partial charge in [-0.25, -0.2) is 0 Å². The van der Waals surface area contributed by atoms with E-state index in [0.717, 1.165) is 21.9 Å². The molecule has 0 aliphatic heterocycles. The number of benzene rings is 2. The summed E-state index contributed by atoms with van der Waals surface area (Å²) < 4.78 is 7.49. The Morgan fingerprint density at radius 3 is 2.62 bits per heavy atom. The Balaban J connectivity index is 1.58. The molecule has 0 bridgehead atoms. The third-order valence-electron chi connectivity index (χ3n) is 4.73. The minimum atomic E-state index is -0.387. The highest BCUT2D eigenvalue weighted by Crippen LogP contribution is 2.30. The molecule has 2 aromatic carbocycles. The Morgan fingerprint density at radius 2 is 1.91 bits per heavy atom. The van der Waals surface area contributed by atoms with Gasteiger partial charge in [0.25, 0.3) is 0 Å². The first-order valence-corrected chi connectivity index (χ1v) is 12.4. The molecule has 1 atom stereocenters. The number of furan rings is 1. The summed E-state index contributed by atoms with van der Waals surface area (Å²) in [4.78, 5) is 13.9. The van der Waals surface area contributed by atoms with E-state index in [4.69, 9.17) is 16.0 Å². The van der Waals surface area contributed by atoms with Gasteiger partial charge in [0.05, 0.1) is 23.7 Å². The van der Waals surface area contributed by atoms with Crippen molar-refractivity contribution in [2.24, 2.45) is 0 Å². The van der Waals surface area contributed by atoms with E-state index in [1.54, 1.807) is 18.0 Å². The standard InChI is InChI=1S/C23H21ClN4O2S2/c1-15(22(29)25-19-7-3-4-8-20(19)31-2)32-23-27-26-21(16-9-11-17(24)12-10-16)28(23)14-18-6-5-13-30-18/h3-13,15H,14H2,1-2H3,(H,25,29)/t15-/m1/s1. The van der Waals surface area contributed by atoms with Crippen LogP contribution in [0.15, 0.2) is 81.4 Å². The molecule has 0 unspecified atom stereocenters. The minimum Gasteiger partial charge on any atom is -0.467 e. The van der Waals surface area contributed by atoms with Gasteiger partial charge in [0.1, 0.15) is 5.76 Å². The van der Waals surface area contributed by atoms with Gasteiger partial charge >= 0.3 is 0 Å². The number of nitrogens with zero attached hydrogens (tertiary/aromatic N) is 3. The fraction of sp³-hybridized carbons (Fsp3) is 0.174. The third kappa shape index (κ3) is 5.20. The Hall–Kier alpha value is -2.68. The van der Waals surface area contributed by atoms with Crippen LogP contribution >= 0.6 is 35.1 Å². The van der Waals surface area contributed by atoms with Crippen molar-refractivity contribution in [3.05, 3.63) is 77.7 Å². The van der Waals surface area contributed by atoms with Crippen LogP contribution in [0.25, 0.3) is 11.4 Å². The van der Waals surface area contributed by atoms with Crippen LogP contribution in [-0.2, 0) is 11.3 Å². The predicted molar refractivity (Wildman–Crippen MR) is 130 cm³/mol. The first-order chi connectivity index (χ1) is 15.5. The number of amides is 1. The van der Waals surface area contributed by atoms with Gasteiger partial charge in [0.15, 0.2) is 11.0 Å². The molecular formula is C23H21ClN4O2S2. The van der Waals surface area contributed by atoms with Gasteiger partial charge in [-0.2, -0.15) is 0 Å². The van der Waals surface area contributed by atoms with Gasteiger partial charge in [-0.1, -0.05) is 35.5 Å². The number of aromatic nitrogens is 3. The van der Waals surface area contributed by atoms with E-state index in [1.165, 1.54) is 11.8 Å². The maximum atomic E-state index is 12.9. The van der Waals surface area contributed by atoms with Crippen molar-refractivity contribution >= 4 is 46.7 Å². The normalized spacial score (nSPS) is 12.0. The molecule has 4 rings (SSSR count). The quantitative estimate of drug-likeness (QED) is 0.305. The topological polar surface area (TPSA) is 73.0 Å². The van der Waals surface area contributed by atoms with Gasteiger partial charge in [0.2, 0.25) is 5.91 Å². The Labute approximate surface area is 199 Å². The lowest BCUT2D eigenvalue weighted by molar-refractivity contribution is -0.115. The molecule has 0 aliphatic carbocycles. The molecular weight excluding hydrogens is 464 g/mol. The van der Waals surface area contributed by atoms with Crippen LogP contribution < -0.4 is 5.32 Å². The van der Waals surface area contributed by atoms with Gasteiger partial charge in [-0.15, -0.1) is 22.0 Å². The summed E-state index contributed by atoms with van der Waals surface area (Å²) in [6.45, 7) is 2.31. The van der Waals surface area contributed by atoms with Crippen LogP contribution in [-0.4, -0.2) is 32.2 Å². The van der Waals surface area contributed by atoms with Gasteiger partial charge in [0, 0.05) is 15.5 Å². The zero-order valence-corrected chi connectivity index (χ0v) is 19.9. The molecule has 0 saturated heterocycles. The number of rotatable bonds is 8. The monoisotopic (exact) mass is 484 g/mol. The molecule has 0 spiro atoms. The number of carbonyl (C=O) groups excluding carboxylic acids is 1. The lowest BCUT2D eigenvalue weighted by atomic mass is 10.2. The molecule has 1 N–H and O–H groups in total. The van der Waals surface area contributed by atoms with Crippen LogP contribution in [0.2, 0.25) is 5.02 Å². The van der Waals surface area contributed by atoms with Crippen LogP contribution in [0.3, 0.4) is 0 Å². The van der Waals surface area contributed by atoms with Crippen LogP contribution in [0.5, 0.6) is 0 Å². The molecule has 0 saturated carbocycles. The molecule has 9 heteroatoms. The summed E-state index contributed by atoms with van der Waals surface area (Å²) in [7, 11) is 0. The van der Waals surface area contributed by atoms with Gasteiger partial charge in [-0.05, 0) is 61.7 Å². The summed E-state index contributed by atoms with van der Waals surface area (Å²) >= 11 is 8.99. The molecule has 4 aromatic rings. The van der Waals surface area contributed by atoms with Crippen molar-refractivity contribution in [1.29, 1.82) is 0 Å². The minimum absolute atomic E-state index is 0.0999. The SMILES string of the molecule is CSc1ccccc1NC(=O)[C@@H](C)Sc1nnc(-c2ccc(Cl)cc2)n1Cc1ccco1. The van der Waals surface area contributed by atoms with Crippen molar-refractivity contribution in [3.63, 3.8) is 0 Å². The summed E-state index contributed by atoms with van der Waals surface area (Å²) in [5.41, 5.74) is 1.68. The highest BCUT2D eigenvalue weighted by atomic mass is 35.5. The largest absolute Gasteiger partial charge is 0.467 e. The molecule has 164 valence electrons. The molecule has 1 amide bonds. The van der Waals surface area contributed by atoms with E-state index in [1.807, 2.05) is 78.4 Å². The van der Waals surface area contributed by atoms with Crippen molar-refractivity contribution in [2.45, 2.75) is 28.8 Å². The second kappa shape index (κ2) is 10.3. The number of hydrogen-bond donors (Lipinski definition) is 1. The van der Waals surface area contributed by atoms with Crippen LogP contribution in [0.4, 0.5) is 5.69 Å². The van der Waals surface area contributed by atoms with Gasteiger partial charge < -0.3 is 9.73 Å². The summed E-state index contributed by atoms with van der Waals surface area (Å²) in [5.74, 6) is 1.35. The van der Waals surface area contributed by atoms with Crippen molar-refractivity contribution in [2.75, 3.05) is 11.6 Å². The second-order valence-electron chi connectivity index (χ2n) is 6.93. The predicted octanol–water partition coefficient (Wildman–Crippen LogP) is 6.08. The first-order valence-electron chi connectivity index (χ1n) is 9.87. The highest BCUT2D eigenvalue weighted by Gasteiger charge is 2.22. The van der Waals surface area contributed by atoms with Crippen LogP contribution in [0, 0.1) is 0 Å². The fourth-order valence-corrected chi connectivity index (χ4v) is 4.61. The van der Waals surface area contributed by atoms with E-state index in [-0.39, 0.29) is 11.2 Å². The summed E-state index contributed by atoms with van der Waals surface area (Å²) in [6, 6.07) is 18.9. The van der Waals surface area contributed by atoms with Crippen molar-refractivity contribution in [3.8, 4) is 11.4 Å². The second-order valence-corrected chi connectivity index (χ2v) is 9.52. The van der Waals surface area contributed by atoms with E-state index in [0.29, 0.717) is 22.5 Å². The lowest BCUT2D eigenvalue weighted by Gasteiger charge is -2.14. The van der Waals surface area contributed by atoms with E-state index in [9.17, 15) is 4.79 Å². The average Bonchev–Trinajstić information content (AvgIpc) is 3.45. The molecule has 6 nitrogen and oxygen atoms in total. The van der Waals surface area contributed by atoms with Crippen LogP contribution in [0.1, 0.15) is 12.7 Å². The molecule has 0 aliphatic rings. The fourth-order valence-electron chi connectivity index (χ4n) is 3.08. The number of para-hydroxylation sites is 1. The smallest absolute Gasteiger partial charge is 0.237 e. The van der Waals surface area contributed by atoms with E-state index in [2.05, 4.69) is 15.5 Å². The molecule has 0 radical (unpaired) electrons. The Bertz CT molecular complexity index is 1190. The first kappa shape index (κ1) is 22.5. The number of carbonyl (C=O) groups is 1. The van der Waals surface area contributed by atoms with Crippen molar-refractivity contribution in [1.82, 2.24) is 14.8 Å². The number of nitrogens with one attached hydrogen (secondary N) is 1. The number of anilines is 1. The van der Waals surface area contributed by atoms with Crippen molar-refractivity contribution < 1.29 is 9.21 Å². The maximum absolute atomic E-state index is 12.9. The van der Waals surface area contributed by atoms with E-state index >= 15 is 0 Å². The number of halogens is 1. The number of thioether (sulfide) groups is 2. The molecule has 0 fully saturated rings. The van der Waals surface area contributed by atoms with Gasteiger partial charge in [-0.3, -0.25) is 9.36 Å². The van der Waals surface area contributed by atoms with E-state index < -0.39 is 0 Å². The highest BCUT2D eigenvalue weighted by molar-refractivity contribution is 8.00. The molecule has 2 heterocycles. The lowest BCUT2D eigenvalue weighted by Crippen LogP contribution is -2.23. The average molecular weight is 485 g/mol. The Morgan fingerprint density at radius 1 is 1.12 bits per heavy atom. The summed E-state index contributed by atoms with van der Waals surface area (Å²) in [5, 5.41) is 12.7. The number of hydrogen-bond acceptors (Lipinski definition) is 6. The zero-order chi connectivity index (χ0) is 22.5. The Kier molecular flexibility index (Phi) is 7.24. The molecule has 2 aromatic heterocycles. The zero-order valence-electron chi connectivity index (χ0n) is 17.5. The summed E-state index contributed by atoms with van der Waals surface area (Å²) in [6.07, 6.45) is 3.62. The third-order valence-corrected chi connectivity index (χ3v) is 6.86. The molecule has 32 heavy (non-hydrogen) atoms. The maximum Gasteiger partial charge on any atom is 0.237 e.